The van der Waals surface area contributed by atoms with Crippen LogP contribution in [0.2, 0.25) is 0 Å². The van der Waals surface area contributed by atoms with Gasteiger partial charge < -0.3 is 48.5 Å². The van der Waals surface area contributed by atoms with E-state index in [4.69, 9.17) is 33.2 Å². The number of hydrogen-bond donors (Lipinski definition) is 2. The number of piperidine rings is 1. The summed E-state index contributed by atoms with van der Waals surface area (Å²) < 4.78 is 39.6. The summed E-state index contributed by atoms with van der Waals surface area (Å²) in [6.45, 7) is 17.1. The van der Waals surface area contributed by atoms with Crippen molar-refractivity contribution >= 4 is 30.2 Å². The minimum absolute atomic E-state index is 0.116. The molecule has 15 nitrogen and oxygen atoms in total. The number of aliphatic hydroxyl groups is 1. The zero-order valence-electron chi connectivity index (χ0n) is 33.1. The van der Waals surface area contributed by atoms with Gasteiger partial charge in [-0.25, -0.2) is 19.2 Å². The van der Waals surface area contributed by atoms with Crippen LogP contribution in [0.3, 0.4) is 0 Å². The summed E-state index contributed by atoms with van der Waals surface area (Å²) in [7, 11) is 1.96. The Kier molecular flexibility index (Phi) is 10.9. The van der Waals surface area contributed by atoms with Gasteiger partial charge in [-0.2, -0.15) is 0 Å². The molecule has 4 aliphatic rings. The van der Waals surface area contributed by atoms with E-state index in [9.17, 15) is 29.1 Å². The Bertz CT molecular complexity index is 1720. The summed E-state index contributed by atoms with van der Waals surface area (Å²) in [5.74, 6) is -1.96. The van der Waals surface area contributed by atoms with E-state index in [1.807, 2.05) is 13.1 Å². The van der Waals surface area contributed by atoms with Gasteiger partial charge in [0.25, 0.3) is 0 Å². The summed E-state index contributed by atoms with van der Waals surface area (Å²) in [6, 6.07) is 2.00. The predicted molar refractivity (Wildman–Crippen MR) is 192 cm³/mol. The van der Waals surface area contributed by atoms with Crippen LogP contribution in [0.1, 0.15) is 106 Å². The molecule has 298 valence electrons. The van der Waals surface area contributed by atoms with Crippen molar-refractivity contribution in [3.8, 4) is 11.5 Å². The third-order valence-corrected chi connectivity index (χ3v) is 9.80. The van der Waals surface area contributed by atoms with Crippen LogP contribution >= 0.6 is 0 Å². The normalized spacial score (nSPS) is 25.4. The molecule has 0 aromatic heterocycles. The molecular formula is C39H54N2O13. The number of benzene rings is 1. The van der Waals surface area contributed by atoms with Crippen molar-refractivity contribution in [1.29, 1.82) is 0 Å². The van der Waals surface area contributed by atoms with Gasteiger partial charge >= 0.3 is 30.2 Å². The zero-order chi connectivity index (χ0) is 40.2. The van der Waals surface area contributed by atoms with Crippen molar-refractivity contribution in [3.63, 3.8) is 0 Å². The number of nitrogens with one attached hydrogen (secondary N) is 1. The third-order valence-electron chi connectivity index (χ3n) is 9.80. The number of amides is 1. The molecule has 54 heavy (non-hydrogen) atoms. The lowest BCUT2D eigenvalue weighted by atomic mass is 9.50. The van der Waals surface area contributed by atoms with Crippen molar-refractivity contribution in [2.24, 2.45) is 0 Å². The first-order valence-electron chi connectivity index (χ1n) is 18.3. The first-order valence-corrected chi connectivity index (χ1v) is 18.3. The van der Waals surface area contributed by atoms with Crippen molar-refractivity contribution in [2.75, 3.05) is 13.6 Å². The maximum absolute atomic E-state index is 13.5. The van der Waals surface area contributed by atoms with Gasteiger partial charge in [0, 0.05) is 24.4 Å². The molecule has 1 spiro atoms. The second-order valence-corrected chi connectivity index (χ2v) is 17.5. The summed E-state index contributed by atoms with van der Waals surface area (Å²) >= 11 is 0. The molecule has 1 amide bonds. The van der Waals surface area contributed by atoms with E-state index in [1.54, 1.807) is 74.5 Å². The molecule has 1 aromatic rings. The molecular weight excluding hydrogens is 704 g/mol. The highest BCUT2D eigenvalue weighted by Gasteiger charge is 2.72. The number of rotatable bonds is 9. The highest BCUT2D eigenvalue weighted by Crippen LogP contribution is 2.65. The van der Waals surface area contributed by atoms with E-state index >= 15 is 0 Å². The van der Waals surface area contributed by atoms with E-state index in [1.165, 1.54) is 6.92 Å². The van der Waals surface area contributed by atoms with Crippen molar-refractivity contribution in [3.05, 3.63) is 35.1 Å². The average Bonchev–Trinajstić information content (AvgIpc) is 3.36. The molecule has 2 heterocycles. The molecule has 2 bridgehead atoms. The molecule has 0 radical (unpaired) electrons. The fraction of sp³-hybridized carbons (Fsp3) is 0.667. The maximum Gasteiger partial charge on any atom is 0.514 e. The molecule has 1 fully saturated rings. The predicted octanol–water partition coefficient (Wildman–Crippen LogP) is 4.77. The van der Waals surface area contributed by atoms with Crippen molar-refractivity contribution < 1.29 is 62.2 Å². The van der Waals surface area contributed by atoms with E-state index in [0.29, 0.717) is 24.9 Å². The van der Waals surface area contributed by atoms with Crippen molar-refractivity contribution in [1.82, 2.24) is 10.2 Å². The molecule has 5 rings (SSSR count). The SMILES string of the molecule is CC(OC(=O)CCC(NC(=O)OC(C)(C)C)C(=O)OC(C)(C)C)C(=O)OC1=CC[C@@]2(O)[C@H]3Cc4ccc(OC(=O)OC(C)(C)C)c5c4[C@@]2(CCN3C)[C@H]1O5. The van der Waals surface area contributed by atoms with Crippen molar-refractivity contribution in [2.45, 2.75) is 153 Å². The Morgan fingerprint density at radius 3 is 2.22 bits per heavy atom. The lowest BCUT2D eigenvalue weighted by Crippen LogP contribution is -2.74. The molecule has 0 saturated carbocycles. The topological polar surface area (TPSA) is 185 Å². The number of esters is 3. The lowest BCUT2D eigenvalue weighted by Gasteiger charge is -2.61. The van der Waals surface area contributed by atoms with Crippen LogP contribution in [0, 0.1) is 0 Å². The zero-order valence-corrected chi connectivity index (χ0v) is 33.1. The number of hydrogen-bond acceptors (Lipinski definition) is 14. The standard InChI is InChI=1S/C39H54N2O13/c1-21(48-27(42)15-13-23(32(44)52-35(2,3)4)40-33(45)53-36(5,6)7)31(43)49-25-16-17-39(47)26-20-22-12-14-24(50-34(46)54-37(8,9)10)29-28(22)38(39,30(25)51-29)18-19-41(26)11/h12,14,16,21,23,26,30,47H,13,15,17-20H2,1-11H3,(H,40,45)/t21?,23?,26-,30+,38+,39-/m1/s1. The Hall–Kier alpha value is -4.37. The summed E-state index contributed by atoms with van der Waals surface area (Å²) in [6.07, 6.45) is -1.93. The molecule has 15 heteroatoms. The quantitative estimate of drug-likeness (QED) is 0.199. The Balaban J connectivity index is 1.31. The monoisotopic (exact) mass is 758 g/mol. The van der Waals surface area contributed by atoms with E-state index in [0.717, 1.165) is 5.56 Å². The number of nitrogens with zero attached hydrogens (tertiary/aromatic N) is 1. The summed E-state index contributed by atoms with van der Waals surface area (Å²) in [5.41, 5.74) is -3.21. The minimum Gasteiger partial charge on any atom is -0.477 e. The third kappa shape index (κ3) is 8.31. The maximum atomic E-state index is 13.5. The summed E-state index contributed by atoms with van der Waals surface area (Å²) in [5, 5.41) is 15.0. The molecule has 2 N–H and O–H groups in total. The largest absolute Gasteiger partial charge is 0.514 e. The van der Waals surface area contributed by atoms with Crippen LogP contribution in [-0.2, 0) is 49.9 Å². The minimum atomic E-state index is -1.38. The summed E-state index contributed by atoms with van der Waals surface area (Å²) in [4.78, 5) is 66.7. The van der Waals surface area contributed by atoms with Gasteiger partial charge in [0.1, 0.15) is 28.6 Å². The molecule has 6 atom stereocenters. The number of likely N-dealkylation sites (tertiary alicyclic amines) is 1. The number of likely N-dealkylation sites (N-methyl/N-ethyl adjacent to an activating group) is 1. The van der Waals surface area contributed by atoms with Gasteiger partial charge in [-0.15, -0.1) is 0 Å². The first-order chi connectivity index (χ1) is 24.8. The van der Waals surface area contributed by atoms with E-state index in [2.05, 4.69) is 10.2 Å². The Morgan fingerprint density at radius 2 is 1.59 bits per heavy atom. The van der Waals surface area contributed by atoms with Crippen LogP contribution in [0.15, 0.2) is 24.0 Å². The Morgan fingerprint density at radius 1 is 0.944 bits per heavy atom. The molecule has 2 aliphatic heterocycles. The van der Waals surface area contributed by atoms with Gasteiger partial charge in [-0.1, -0.05) is 6.07 Å². The molecule has 2 aliphatic carbocycles. The lowest BCUT2D eigenvalue weighted by molar-refractivity contribution is -0.175. The average molecular weight is 759 g/mol. The molecule has 1 saturated heterocycles. The Labute approximate surface area is 315 Å². The highest BCUT2D eigenvalue weighted by atomic mass is 16.7. The van der Waals surface area contributed by atoms with Crippen LogP contribution in [0.5, 0.6) is 11.5 Å². The number of ether oxygens (including phenoxy) is 7. The van der Waals surface area contributed by atoms with Crippen LogP contribution < -0.4 is 14.8 Å². The smallest absolute Gasteiger partial charge is 0.477 e. The number of alkyl carbamates (subject to hydrolysis) is 1. The second kappa shape index (κ2) is 14.4. The molecule has 2 unspecified atom stereocenters. The molecule has 1 aromatic carbocycles. The number of carbonyl (C=O) groups is 5. The first kappa shape index (κ1) is 40.8. The van der Waals surface area contributed by atoms with Gasteiger partial charge in [-0.05, 0) is 120 Å². The highest BCUT2D eigenvalue weighted by molar-refractivity contribution is 5.83. The van der Waals surface area contributed by atoms with E-state index in [-0.39, 0.29) is 42.6 Å². The second-order valence-electron chi connectivity index (χ2n) is 17.5. The van der Waals surface area contributed by atoms with Crippen LogP contribution in [0.4, 0.5) is 9.59 Å². The van der Waals surface area contributed by atoms with Crippen LogP contribution in [-0.4, -0.2) is 100 Å². The fourth-order valence-corrected chi connectivity index (χ4v) is 7.71. The van der Waals surface area contributed by atoms with Crippen LogP contribution in [0.25, 0.3) is 0 Å². The van der Waals surface area contributed by atoms with E-state index < -0.39 is 76.2 Å². The van der Waals surface area contributed by atoms with Gasteiger partial charge in [0.2, 0.25) is 0 Å². The fourth-order valence-electron chi connectivity index (χ4n) is 7.71. The number of carbonyl (C=O) groups excluding carboxylic acids is 5. The van der Waals surface area contributed by atoms with Gasteiger partial charge in [-0.3, -0.25) is 4.79 Å². The van der Waals surface area contributed by atoms with Gasteiger partial charge in [0.05, 0.1) is 11.0 Å². The van der Waals surface area contributed by atoms with Gasteiger partial charge in [0.15, 0.2) is 23.7 Å².